The highest BCUT2D eigenvalue weighted by molar-refractivity contribution is 6.62. The molecule has 0 bridgehead atoms. The van der Waals surface area contributed by atoms with Gasteiger partial charge >= 0.3 is 7.12 Å². The van der Waals surface area contributed by atoms with Gasteiger partial charge in [0.1, 0.15) is 12.6 Å². The number of primary amides is 1. The van der Waals surface area contributed by atoms with E-state index in [-0.39, 0.29) is 13.0 Å². The van der Waals surface area contributed by atoms with E-state index < -0.39 is 36.2 Å². The van der Waals surface area contributed by atoms with Gasteiger partial charge < -0.3 is 29.8 Å². The standard InChI is InChI=1S/C20H31BN2O6/c1-19(2)20(3,4)29-21(28-19)15-8-6-14(7-9-15)12-16(18(22)25)23-17(24)13-27-11-10-26-5/h6-9,16H,10-13H2,1-5H3,(H2,22,25)(H,23,24)/t16-/m1/s1. The molecule has 1 aliphatic heterocycles. The van der Waals surface area contributed by atoms with Crippen LogP contribution in [0.1, 0.15) is 33.3 Å². The Hall–Kier alpha value is -1.94. The number of hydrogen-bond acceptors (Lipinski definition) is 6. The summed E-state index contributed by atoms with van der Waals surface area (Å²) in [4.78, 5) is 23.7. The maximum atomic E-state index is 11.9. The Bertz CT molecular complexity index is 691. The van der Waals surface area contributed by atoms with Gasteiger partial charge in [0, 0.05) is 13.5 Å². The zero-order valence-electron chi connectivity index (χ0n) is 17.8. The molecule has 0 aromatic heterocycles. The molecule has 2 amide bonds. The number of carbonyl (C=O) groups is 2. The summed E-state index contributed by atoms with van der Waals surface area (Å²) < 4.78 is 22.1. The van der Waals surface area contributed by atoms with Crippen molar-refractivity contribution < 1.29 is 28.4 Å². The number of carbonyl (C=O) groups excluding carboxylic acids is 2. The fourth-order valence-electron chi connectivity index (χ4n) is 2.79. The number of amides is 2. The van der Waals surface area contributed by atoms with Crippen molar-refractivity contribution in [2.45, 2.75) is 51.4 Å². The van der Waals surface area contributed by atoms with E-state index in [1.165, 1.54) is 0 Å². The monoisotopic (exact) mass is 406 g/mol. The Balaban J connectivity index is 1.94. The van der Waals surface area contributed by atoms with Crippen LogP contribution in [0.25, 0.3) is 0 Å². The Kier molecular flexibility index (Phi) is 7.82. The van der Waals surface area contributed by atoms with Gasteiger partial charge in [-0.1, -0.05) is 24.3 Å². The van der Waals surface area contributed by atoms with Crippen LogP contribution in [0.5, 0.6) is 0 Å². The van der Waals surface area contributed by atoms with Crippen LogP contribution in [0.15, 0.2) is 24.3 Å². The van der Waals surface area contributed by atoms with Gasteiger partial charge in [0.25, 0.3) is 0 Å². The number of nitrogens with one attached hydrogen (secondary N) is 1. The molecule has 0 saturated carbocycles. The van der Waals surface area contributed by atoms with Crippen LogP contribution >= 0.6 is 0 Å². The number of hydrogen-bond donors (Lipinski definition) is 2. The van der Waals surface area contributed by atoms with E-state index in [0.717, 1.165) is 11.0 Å². The third-order valence-corrected chi connectivity index (χ3v) is 5.29. The van der Waals surface area contributed by atoms with Crippen LogP contribution in [0.3, 0.4) is 0 Å². The average molecular weight is 406 g/mol. The van der Waals surface area contributed by atoms with Gasteiger partial charge in [0.05, 0.1) is 24.4 Å². The number of ether oxygens (including phenoxy) is 2. The van der Waals surface area contributed by atoms with Crippen LogP contribution < -0.4 is 16.5 Å². The Morgan fingerprint density at radius 2 is 1.69 bits per heavy atom. The lowest BCUT2D eigenvalue weighted by atomic mass is 9.78. The number of rotatable bonds is 10. The first-order chi connectivity index (χ1) is 13.6. The van der Waals surface area contributed by atoms with Crippen molar-refractivity contribution in [2.24, 2.45) is 5.73 Å². The van der Waals surface area contributed by atoms with Crippen LogP contribution in [-0.4, -0.2) is 63.1 Å². The van der Waals surface area contributed by atoms with E-state index in [1.807, 2.05) is 52.0 Å². The molecule has 0 unspecified atom stereocenters. The van der Waals surface area contributed by atoms with Gasteiger partial charge in [0.2, 0.25) is 11.8 Å². The van der Waals surface area contributed by atoms with Crippen molar-refractivity contribution in [1.82, 2.24) is 5.32 Å². The Morgan fingerprint density at radius 1 is 1.10 bits per heavy atom. The Morgan fingerprint density at radius 3 is 2.21 bits per heavy atom. The summed E-state index contributed by atoms with van der Waals surface area (Å²) in [7, 11) is 1.09. The summed E-state index contributed by atoms with van der Waals surface area (Å²) in [6, 6.07) is 6.71. The third kappa shape index (κ3) is 6.27. The zero-order valence-corrected chi connectivity index (χ0v) is 17.8. The minimum atomic E-state index is -0.823. The predicted molar refractivity (Wildman–Crippen MR) is 110 cm³/mol. The largest absolute Gasteiger partial charge is 0.494 e. The average Bonchev–Trinajstić information content (AvgIpc) is 2.86. The van der Waals surface area contributed by atoms with Crippen molar-refractivity contribution in [1.29, 1.82) is 0 Å². The van der Waals surface area contributed by atoms with Gasteiger partial charge in [-0.05, 0) is 38.7 Å². The molecule has 0 aliphatic carbocycles. The first-order valence-corrected chi connectivity index (χ1v) is 9.65. The van der Waals surface area contributed by atoms with Crippen molar-refractivity contribution >= 4 is 24.4 Å². The summed E-state index contributed by atoms with van der Waals surface area (Å²) in [6.07, 6.45) is 0.281. The van der Waals surface area contributed by atoms with Gasteiger partial charge in [0.15, 0.2) is 0 Å². The maximum Gasteiger partial charge on any atom is 0.494 e. The molecule has 1 aliphatic rings. The molecule has 1 saturated heterocycles. The van der Waals surface area contributed by atoms with Gasteiger partial charge in [-0.2, -0.15) is 0 Å². The van der Waals surface area contributed by atoms with E-state index in [9.17, 15) is 9.59 Å². The lowest BCUT2D eigenvalue weighted by Crippen LogP contribution is -2.47. The maximum absolute atomic E-state index is 11.9. The third-order valence-electron chi connectivity index (χ3n) is 5.29. The molecule has 9 heteroatoms. The molecule has 1 aromatic rings. The summed E-state index contributed by atoms with van der Waals surface area (Å²) in [5, 5.41) is 2.60. The molecular formula is C20H31BN2O6. The highest BCUT2D eigenvalue weighted by Gasteiger charge is 2.51. The molecule has 160 valence electrons. The summed E-state index contributed by atoms with van der Waals surface area (Å²) >= 11 is 0. The van der Waals surface area contributed by atoms with E-state index >= 15 is 0 Å². The van der Waals surface area contributed by atoms with E-state index in [0.29, 0.717) is 13.2 Å². The van der Waals surface area contributed by atoms with E-state index in [1.54, 1.807) is 7.11 Å². The van der Waals surface area contributed by atoms with E-state index in [2.05, 4.69) is 5.32 Å². The SMILES string of the molecule is COCCOCC(=O)N[C@H](Cc1ccc(B2OC(C)(C)C(C)(C)O2)cc1)C(N)=O. The van der Waals surface area contributed by atoms with Crippen molar-refractivity contribution in [3.63, 3.8) is 0 Å². The molecule has 1 fully saturated rings. The fourth-order valence-corrected chi connectivity index (χ4v) is 2.79. The van der Waals surface area contributed by atoms with Crippen LogP contribution in [0.4, 0.5) is 0 Å². The van der Waals surface area contributed by atoms with Crippen LogP contribution in [0, 0.1) is 0 Å². The molecule has 0 spiro atoms. The normalized spacial score (nSPS) is 18.4. The first-order valence-electron chi connectivity index (χ1n) is 9.65. The lowest BCUT2D eigenvalue weighted by Gasteiger charge is -2.32. The second kappa shape index (κ2) is 9.71. The van der Waals surface area contributed by atoms with Gasteiger partial charge in [-0.25, -0.2) is 0 Å². The van der Waals surface area contributed by atoms with Crippen LogP contribution in [-0.2, 0) is 34.8 Å². The van der Waals surface area contributed by atoms with Gasteiger partial charge in [-0.15, -0.1) is 0 Å². The summed E-state index contributed by atoms with van der Waals surface area (Å²) in [5.74, 6) is -1.01. The second-order valence-electron chi connectivity index (χ2n) is 8.10. The number of benzene rings is 1. The van der Waals surface area contributed by atoms with Crippen molar-refractivity contribution in [3.05, 3.63) is 29.8 Å². The molecule has 1 heterocycles. The Labute approximate surface area is 172 Å². The molecule has 8 nitrogen and oxygen atoms in total. The molecule has 29 heavy (non-hydrogen) atoms. The molecule has 2 rings (SSSR count). The highest BCUT2D eigenvalue weighted by Crippen LogP contribution is 2.36. The molecular weight excluding hydrogens is 375 g/mol. The van der Waals surface area contributed by atoms with Crippen LogP contribution in [0.2, 0.25) is 0 Å². The minimum Gasteiger partial charge on any atom is -0.399 e. The zero-order chi connectivity index (χ0) is 21.7. The fraction of sp³-hybridized carbons (Fsp3) is 0.600. The van der Waals surface area contributed by atoms with E-state index in [4.69, 9.17) is 24.5 Å². The topological polar surface area (TPSA) is 109 Å². The quantitative estimate of drug-likeness (QED) is 0.423. The molecule has 1 atom stereocenters. The first kappa shape index (κ1) is 23.3. The summed E-state index contributed by atoms with van der Waals surface area (Å²) in [5.41, 5.74) is 6.36. The lowest BCUT2D eigenvalue weighted by molar-refractivity contribution is -0.130. The molecule has 3 N–H and O–H groups in total. The van der Waals surface area contributed by atoms with Crippen molar-refractivity contribution in [3.8, 4) is 0 Å². The highest BCUT2D eigenvalue weighted by atomic mass is 16.7. The number of methoxy groups -OCH3 is 1. The van der Waals surface area contributed by atoms with Gasteiger partial charge in [-0.3, -0.25) is 9.59 Å². The molecule has 0 radical (unpaired) electrons. The second-order valence-corrected chi connectivity index (χ2v) is 8.10. The predicted octanol–water partition coefficient (Wildman–Crippen LogP) is 0.161. The minimum absolute atomic E-state index is 0.159. The smallest absolute Gasteiger partial charge is 0.399 e. The summed E-state index contributed by atoms with van der Waals surface area (Å²) in [6.45, 7) is 8.53. The van der Waals surface area contributed by atoms with Crippen molar-refractivity contribution in [2.75, 3.05) is 26.9 Å². The molecule has 1 aromatic carbocycles. The number of nitrogens with two attached hydrogens (primary N) is 1.